The Balaban J connectivity index is 1.48. The Morgan fingerprint density at radius 2 is 2.09 bits per heavy atom. The van der Waals surface area contributed by atoms with Crippen molar-refractivity contribution < 1.29 is 10.2 Å². The highest BCUT2D eigenvalue weighted by atomic mass is 35.5. The molecule has 0 saturated heterocycles. The van der Waals surface area contributed by atoms with Crippen molar-refractivity contribution in [2.24, 2.45) is 0 Å². The topological polar surface area (TPSA) is 132 Å². The maximum Gasteiger partial charge on any atom is 0.261 e. The van der Waals surface area contributed by atoms with Crippen LogP contribution in [0.1, 0.15) is 17.2 Å². The summed E-state index contributed by atoms with van der Waals surface area (Å²) < 4.78 is 1.90. The Kier molecular flexibility index (Phi) is 5.56. The number of rotatable bonds is 6. The lowest BCUT2D eigenvalue weighted by atomic mass is 10.1. The van der Waals surface area contributed by atoms with E-state index in [-0.39, 0.29) is 22.9 Å². The number of benzene rings is 2. The molecular formula is C24H21ClN6O3. The van der Waals surface area contributed by atoms with Gasteiger partial charge in [-0.2, -0.15) is 0 Å². The summed E-state index contributed by atoms with van der Waals surface area (Å²) in [6.45, 7) is 2.07. The summed E-state index contributed by atoms with van der Waals surface area (Å²) in [4.78, 5) is 27.5. The van der Waals surface area contributed by atoms with Gasteiger partial charge < -0.3 is 30.1 Å². The zero-order valence-electron chi connectivity index (χ0n) is 18.1. The Morgan fingerprint density at radius 3 is 2.85 bits per heavy atom. The molecule has 9 nitrogen and oxygen atoms in total. The molecule has 5 N–H and O–H groups in total. The van der Waals surface area contributed by atoms with E-state index in [1.54, 1.807) is 24.7 Å². The summed E-state index contributed by atoms with van der Waals surface area (Å²) in [6, 6.07) is 10.2. The third-order valence-electron chi connectivity index (χ3n) is 5.60. The number of H-pyrrole nitrogens is 2. The minimum Gasteiger partial charge on any atom is -0.506 e. The quantitative estimate of drug-likeness (QED) is 0.252. The molecule has 1 unspecified atom stereocenters. The second-order valence-corrected chi connectivity index (χ2v) is 8.32. The fourth-order valence-corrected chi connectivity index (χ4v) is 4.06. The molecule has 2 aromatic carbocycles. The predicted molar refractivity (Wildman–Crippen MR) is 131 cm³/mol. The van der Waals surface area contributed by atoms with E-state index in [0.717, 1.165) is 22.3 Å². The average Bonchev–Trinajstić information content (AvgIpc) is 3.49. The number of halogens is 1. The maximum atomic E-state index is 12.8. The molecule has 0 amide bonds. The van der Waals surface area contributed by atoms with Gasteiger partial charge in [-0.05, 0) is 48.4 Å². The van der Waals surface area contributed by atoms with Crippen LogP contribution in [0, 0.1) is 6.92 Å². The van der Waals surface area contributed by atoms with E-state index in [1.807, 2.05) is 29.8 Å². The van der Waals surface area contributed by atoms with Gasteiger partial charge in [-0.3, -0.25) is 4.79 Å². The van der Waals surface area contributed by atoms with Crippen LogP contribution in [0.4, 0.5) is 5.69 Å². The standard InChI is InChI=1S/C24H21ClN6O3/c1-13-8-15(31-7-6-26-12-31)10-18-22(13)30-23(29-18)21-17(4-5-27-24(21)34)28-11-20(33)14-2-3-19(32)16(25)9-14/h2-10,12,20,32-33H,11H2,1H3,(H,29,30)(H2,27,28,34). The van der Waals surface area contributed by atoms with Crippen LogP contribution in [0.2, 0.25) is 5.02 Å². The lowest BCUT2D eigenvalue weighted by Crippen LogP contribution is -2.17. The van der Waals surface area contributed by atoms with E-state index in [1.165, 1.54) is 18.3 Å². The number of aliphatic hydroxyl groups excluding tert-OH is 1. The van der Waals surface area contributed by atoms with Crippen LogP contribution in [0.5, 0.6) is 5.75 Å². The highest BCUT2D eigenvalue weighted by molar-refractivity contribution is 6.32. The van der Waals surface area contributed by atoms with Gasteiger partial charge in [-0.25, -0.2) is 9.97 Å². The molecule has 3 aromatic heterocycles. The summed E-state index contributed by atoms with van der Waals surface area (Å²) in [7, 11) is 0. The monoisotopic (exact) mass is 476 g/mol. The molecule has 0 radical (unpaired) electrons. The fourth-order valence-electron chi connectivity index (χ4n) is 3.87. The number of fused-ring (bicyclic) bond motifs is 1. The molecule has 5 aromatic rings. The number of nitrogens with zero attached hydrogens (tertiary/aromatic N) is 3. The van der Waals surface area contributed by atoms with Crippen LogP contribution >= 0.6 is 11.6 Å². The largest absolute Gasteiger partial charge is 0.506 e. The van der Waals surface area contributed by atoms with E-state index in [0.29, 0.717) is 22.6 Å². The zero-order chi connectivity index (χ0) is 23.8. The molecule has 0 spiro atoms. The number of phenolic OH excluding ortho intramolecular Hbond substituents is 1. The number of hydrogen-bond donors (Lipinski definition) is 5. The summed E-state index contributed by atoms with van der Waals surface area (Å²) in [5.74, 6) is 0.353. The van der Waals surface area contributed by atoms with Crippen molar-refractivity contribution in [3.63, 3.8) is 0 Å². The number of hydrogen-bond acceptors (Lipinski definition) is 6. The first-order valence-corrected chi connectivity index (χ1v) is 10.9. The van der Waals surface area contributed by atoms with Crippen molar-refractivity contribution in [3.8, 4) is 22.8 Å². The molecule has 0 fully saturated rings. The third kappa shape index (κ3) is 4.02. The van der Waals surface area contributed by atoms with Crippen molar-refractivity contribution in [2.45, 2.75) is 13.0 Å². The summed E-state index contributed by atoms with van der Waals surface area (Å²) >= 11 is 5.95. The van der Waals surface area contributed by atoms with Gasteiger partial charge in [0.1, 0.15) is 17.1 Å². The Labute approximate surface area is 198 Å². The number of nitrogens with one attached hydrogen (secondary N) is 3. The highest BCUT2D eigenvalue weighted by Crippen LogP contribution is 2.29. The van der Waals surface area contributed by atoms with Gasteiger partial charge in [0.25, 0.3) is 5.56 Å². The average molecular weight is 477 g/mol. The van der Waals surface area contributed by atoms with Gasteiger partial charge in [0.15, 0.2) is 0 Å². The lowest BCUT2D eigenvalue weighted by molar-refractivity contribution is 0.191. The molecule has 0 aliphatic carbocycles. The number of aryl methyl sites for hydroxylation is 1. The van der Waals surface area contributed by atoms with Gasteiger partial charge in [-0.15, -0.1) is 0 Å². The highest BCUT2D eigenvalue weighted by Gasteiger charge is 2.17. The van der Waals surface area contributed by atoms with Crippen molar-refractivity contribution in [1.29, 1.82) is 0 Å². The minimum atomic E-state index is -0.916. The molecule has 34 heavy (non-hydrogen) atoms. The molecule has 172 valence electrons. The molecule has 0 aliphatic rings. The molecule has 5 rings (SSSR count). The number of imidazole rings is 2. The summed E-state index contributed by atoms with van der Waals surface area (Å²) in [5.41, 5.74) is 4.47. The van der Waals surface area contributed by atoms with Crippen molar-refractivity contribution in [3.05, 3.63) is 87.8 Å². The second kappa shape index (κ2) is 8.69. The second-order valence-electron chi connectivity index (χ2n) is 7.92. The van der Waals surface area contributed by atoms with Gasteiger partial charge in [-0.1, -0.05) is 17.7 Å². The predicted octanol–water partition coefficient (Wildman–Crippen LogP) is 3.92. The van der Waals surface area contributed by atoms with Crippen molar-refractivity contribution in [2.75, 3.05) is 11.9 Å². The molecule has 0 bridgehead atoms. The number of aromatic amines is 2. The maximum absolute atomic E-state index is 12.8. The molecule has 1 atom stereocenters. The molecule has 10 heteroatoms. The minimum absolute atomic E-state index is 0.0566. The van der Waals surface area contributed by atoms with Crippen LogP contribution < -0.4 is 10.9 Å². The number of aliphatic hydroxyl groups is 1. The Morgan fingerprint density at radius 1 is 1.24 bits per heavy atom. The van der Waals surface area contributed by atoms with Crippen molar-refractivity contribution in [1.82, 2.24) is 24.5 Å². The zero-order valence-corrected chi connectivity index (χ0v) is 18.8. The third-order valence-corrected chi connectivity index (χ3v) is 5.91. The molecule has 0 saturated carbocycles. The molecular weight excluding hydrogens is 456 g/mol. The normalized spacial score (nSPS) is 12.2. The first-order valence-electron chi connectivity index (χ1n) is 10.5. The van der Waals surface area contributed by atoms with E-state index in [9.17, 15) is 15.0 Å². The van der Waals surface area contributed by atoms with Crippen LogP contribution in [0.3, 0.4) is 0 Å². The lowest BCUT2D eigenvalue weighted by Gasteiger charge is -2.15. The van der Waals surface area contributed by atoms with Crippen LogP contribution in [-0.2, 0) is 0 Å². The van der Waals surface area contributed by atoms with E-state index in [2.05, 4.69) is 25.3 Å². The summed E-state index contributed by atoms with van der Waals surface area (Å²) in [6.07, 6.45) is 5.90. The number of anilines is 1. The first-order chi connectivity index (χ1) is 16.4. The van der Waals surface area contributed by atoms with E-state index < -0.39 is 6.10 Å². The fraction of sp³-hybridized carbons (Fsp3) is 0.125. The Hall–Kier alpha value is -4.08. The molecule has 0 aliphatic heterocycles. The summed E-state index contributed by atoms with van der Waals surface area (Å²) in [5, 5.41) is 23.5. The van der Waals surface area contributed by atoms with Crippen LogP contribution in [-0.4, -0.2) is 41.3 Å². The van der Waals surface area contributed by atoms with E-state index >= 15 is 0 Å². The number of aromatic nitrogens is 5. The number of phenols is 1. The Bertz CT molecular complexity index is 1540. The van der Waals surface area contributed by atoms with Gasteiger partial charge in [0.2, 0.25) is 0 Å². The van der Waals surface area contributed by atoms with Gasteiger partial charge in [0.05, 0.1) is 34.2 Å². The molecule has 3 heterocycles. The number of aromatic hydroxyl groups is 1. The van der Waals surface area contributed by atoms with Crippen LogP contribution in [0.15, 0.2) is 66.1 Å². The van der Waals surface area contributed by atoms with Crippen molar-refractivity contribution >= 4 is 28.3 Å². The SMILES string of the molecule is Cc1cc(-n2ccnc2)cc2[nH]c(-c3c(NCC(O)c4ccc(O)c(Cl)c4)cc[nH]c3=O)nc12. The smallest absolute Gasteiger partial charge is 0.261 e. The van der Waals surface area contributed by atoms with Crippen LogP contribution in [0.25, 0.3) is 28.1 Å². The van der Waals surface area contributed by atoms with Gasteiger partial charge >= 0.3 is 0 Å². The first kappa shape index (κ1) is 21.7. The number of pyridine rings is 1. The van der Waals surface area contributed by atoms with E-state index in [4.69, 9.17) is 11.6 Å². The van der Waals surface area contributed by atoms with Gasteiger partial charge in [0, 0.05) is 30.8 Å².